The predicted molar refractivity (Wildman–Crippen MR) is 107 cm³/mol. The maximum atomic E-state index is 12.5. The monoisotopic (exact) mass is 380 g/mol. The van der Waals surface area contributed by atoms with Crippen LogP contribution >= 0.6 is 0 Å². The molecule has 1 rings (SSSR count). The highest BCUT2D eigenvalue weighted by Gasteiger charge is 2.26. The average Bonchev–Trinajstić information content (AvgIpc) is 2.45. The van der Waals surface area contributed by atoms with Gasteiger partial charge in [-0.1, -0.05) is 31.8 Å². The molecule has 0 spiro atoms. The molecular weight excluding hydrogens is 348 g/mol. The molecule has 1 aromatic carbocycles. The molecule has 6 nitrogen and oxygen atoms in total. The van der Waals surface area contributed by atoms with Crippen LogP contribution in [-0.4, -0.2) is 38.4 Å². The molecule has 0 saturated heterocycles. The van der Waals surface area contributed by atoms with Gasteiger partial charge >= 0.3 is 12.1 Å². The first-order valence-corrected chi connectivity index (χ1v) is 12.6. The number of amides is 1. The molecule has 0 aromatic heterocycles. The minimum atomic E-state index is -1.31. The van der Waals surface area contributed by atoms with E-state index in [1.54, 1.807) is 32.9 Å². The molecule has 26 heavy (non-hydrogen) atoms. The zero-order chi connectivity index (χ0) is 20.0. The number of esters is 1. The summed E-state index contributed by atoms with van der Waals surface area (Å²) in [6.07, 6.45) is -0.328. The minimum absolute atomic E-state index is 0.311. The molecule has 0 radical (unpaired) electrons. The largest absolute Gasteiger partial charge is 0.464 e. The van der Waals surface area contributed by atoms with Crippen LogP contribution in [0.2, 0.25) is 25.7 Å². The average molecular weight is 381 g/mol. The van der Waals surface area contributed by atoms with Gasteiger partial charge in [0.05, 0.1) is 6.61 Å². The van der Waals surface area contributed by atoms with Gasteiger partial charge in [-0.3, -0.25) is 0 Å². The van der Waals surface area contributed by atoms with Crippen molar-refractivity contribution in [1.29, 1.82) is 0 Å². The van der Waals surface area contributed by atoms with Crippen molar-refractivity contribution >= 4 is 25.8 Å². The Bertz CT molecular complexity index is 603. The second-order valence-corrected chi connectivity index (χ2v) is 14.2. The van der Waals surface area contributed by atoms with Gasteiger partial charge in [-0.15, -0.1) is 0 Å². The third-order valence-corrected chi connectivity index (χ3v) is 5.20. The number of carbonyl (C=O) groups excluding carboxylic acids is 2. The van der Waals surface area contributed by atoms with E-state index in [0.29, 0.717) is 18.7 Å². The summed E-state index contributed by atoms with van der Waals surface area (Å²) in [5.74, 6) is -0.453. The molecule has 0 fully saturated rings. The first-order chi connectivity index (χ1) is 11.9. The Kier molecular flexibility index (Phi) is 7.68. The molecule has 7 heteroatoms. The van der Waals surface area contributed by atoms with Crippen LogP contribution in [0.5, 0.6) is 0 Å². The van der Waals surface area contributed by atoms with Gasteiger partial charge in [0.1, 0.15) is 11.6 Å². The van der Waals surface area contributed by atoms with Crippen LogP contribution in [0.15, 0.2) is 24.3 Å². The number of hydrogen-bond acceptors (Lipinski definition) is 5. The van der Waals surface area contributed by atoms with Crippen molar-refractivity contribution in [2.75, 3.05) is 12.3 Å². The number of nitrogens with one attached hydrogen (secondary N) is 1. The topological polar surface area (TPSA) is 90.6 Å². The molecule has 3 N–H and O–H groups in total. The second-order valence-electron chi connectivity index (χ2n) is 8.62. The third-order valence-electron chi connectivity index (χ3n) is 3.49. The summed E-state index contributed by atoms with van der Waals surface area (Å²) >= 11 is 0. The Morgan fingerprint density at radius 1 is 1.15 bits per heavy atom. The van der Waals surface area contributed by atoms with Crippen molar-refractivity contribution < 1.29 is 19.1 Å². The van der Waals surface area contributed by atoms with Gasteiger partial charge in [-0.05, 0) is 44.5 Å². The maximum Gasteiger partial charge on any atom is 0.408 e. The fourth-order valence-corrected chi connectivity index (χ4v) is 2.81. The smallest absolute Gasteiger partial charge is 0.408 e. The van der Waals surface area contributed by atoms with Crippen molar-refractivity contribution in [1.82, 2.24) is 5.32 Å². The number of benzene rings is 1. The molecule has 0 bridgehead atoms. The number of nitrogen functional groups attached to an aromatic ring is 1. The zero-order valence-electron chi connectivity index (χ0n) is 16.7. The van der Waals surface area contributed by atoms with E-state index in [1.165, 1.54) is 0 Å². The molecule has 0 saturated carbocycles. The van der Waals surface area contributed by atoms with Crippen LogP contribution in [-0.2, 0) is 20.7 Å². The summed E-state index contributed by atoms with van der Waals surface area (Å²) in [5, 5.41) is 2.63. The van der Waals surface area contributed by atoms with Gasteiger partial charge in [-0.2, -0.15) is 0 Å². The third kappa shape index (κ3) is 9.46. The van der Waals surface area contributed by atoms with Gasteiger partial charge in [0.25, 0.3) is 0 Å². The Labute approximate surface area is 157 Å². The van der Waals surface area contributed by atoms with Gasteiger partial charge in [0.2, 0.25) is 0 Å². The van der Waals surface area contributed by atoms with E-state index in [0.717, 1.165) is 11.6 Å². The number of anilines is 1. The van der Waals surface area contributed by atoms with E-state index in [9.17, 15) is 9.59 Å². The lowest BCUT2D eigenvalue weighted by Crippen LogP contribution is -2.45. The second kappa shape index (κ2) is 9.07. The summed E-state index contributed by atoms with van der Waals surface area (Å²) in [6.45, 7) is 12.3. The fraction of sp³-hybridized carbons (Fsp3) is 0.579. The highest BCUT2D eigenvalue weighted by atomic mass is 28.3. The van der Waals surface area contributed by atoms with Crippen LogP contribution in [0, 0.1) is 0 Å². The van der Waals surface area contributed by atoms with Crippen LogP contribution in [0.1, 0.15) is 26.3 Å². The van der Waals surface area contributed by atoms with Crippen molar-refractivity contribution in [3.05, 3.63) is 29.8 Å². The van der Waals surface area contributed by atoms with Crippen molar-refractivity contribution in [3.8, 4) is 0 Å². The van der Waals surface area contributed by atoms with Crippen molar-refractivity contribution in [3.63, 3.8) is 0 Å². The number of alkyl carbamates (subject to hydrolysis) is 1. The van der Waals surface area contributed by atoms with E-state index in [-0.39, 0.29) is 0 Å². The van der Waals surface area contributed by atoms with Crippen LogP contribution in [0.25, 0.3) is 0 Å². The summed E-state index contributed by atoms with van der Waals surface area (Å²) in [7, 11) is -1.31. The lowest BCUT2D eigenvalue weighted by Gasteiger charge is -2.23. The molecule has 0 aliphatic heterocycles. The first kappa shape index (κ1) is 22.0. The molecular formula is C19H32N2O4Si. The Morgan fingerprint density at radius 2 is 1.73 bits per heavy atom. The maximum absolute atomic E-state index is 12.5. The lowest BCUT2D eigenvalue weighted by molar-refractivity contribution is -0.145. The van der Waals surface area contributed by atoms with E-state index in [1.807, 2.05) is 12.1 Å². The number of carbonyl (C=O) groups is 2. The number of nitrogens with two attached hydrogens (primary N) is 1. The van der Waals surface area contributed by atoms with Gasteiger partial charge in [-0.25, -0.2) is 9.59 Å². The molecule has 1 amide bonds. The van der Waals surface area contributed by atoms with Gasteiger partial charge in [0, 0.05) is 20.2 Å². The first-order valence-electron chi connectivity index (χ1n) is 8.86. The molecule has 0 aliphatic rings. The van der Waals surface area contributed by atoms with Crippen LogP contribution < -0.4 is 11.1 Å². The predicted octanol–water partition coefficient (Wildman–Crippen LogP) is 3.59. The Morgan fingerprint density at radius 3 is 2.23 bits per heavy atom. The Hall–Kier alpha value is -2.02. The fourth-order valence-electron chi connectivity index (χ4n) is 2.09. The van der Waals surface area contributed by atoms with E-state index >= 15 is 0 Å². The normalized spacial score (nSPS) is 13.0. The van der Waals surface area contributed by atoms with Crippen LogP contribution in [0.3, 0.4) is 0 Å². The zero-order valence-corrected chi connectivity index (χ0v) is 17.7. The highest BCUT2D eigenvalue weighted by molar-refractivity contribution is 6.76. The van der Waals surface area contributed by atoms with Gasteiger partial charge in [0.15, 0.2) is 0 Å². The quantitative estimate of drug-likeness (QED) is 0.428. The van der Waals surface area contributed by atoms with E-state index in [4.69, 9.17) is 15.2 Å². The van der Waals surface area contributed by atoms with E-state index in [2.05, 4.69) is 25.0 Å². The van der Waals surface area contributed by atoms with Gasteiger partial charge < -0.3 is 20.5 Å². The van der Waals surface area contributed by atoms with Crippen LogP contribution in [0.4, 0.5) is 10.5 Å². The molecule has 0 heterocycles. The molecule has 0 unspecified atom stereocenters. The number of hydrogen-bond donors (Lipinski definition) is 2. The van der Waals surface area contributed by atoms with Crippen molar-refractivity contribution in [2.24, 2.45) is 0 Å². The number of rotatable bonds is 7. The standard InChI is InChI=1S/C19H32N2O4Si/c1-19(2,3)25-18(23)21-16(13-14-7-9-15(20)10-8-14)17(22)24-11-12-26(4,5)6/h7-10,16H,11-13,20H2,1-6H3,(H,21,23)/t16-/m0/s1. The summed E-state index contributed by atoms with van der Waals surface area (Å²) in [5.41, 5.74) is 6.57. The van der Waals surface area contributed by atoms with Crippen molar-refractivity contribution in [2.45, 2.75) is 64.5 Å². The minimum Gasteiger partial charge on any atom is -0.464 e. The summed E-state index contributed by atoms with van der Waals surface area (Å²) < 4.78 is 10.7. The molecule has 1 aromatic rings. The molecule has 146 valence electrons. The molecule has 0 aliphatic carbocycles. The lowest BCUT2D eigenvalue weighted by atomic mass is 10.1. The Balaban J connectivity index is 2.77. The van der Waals surface area contributed by atoms with E-state index < -0.39 is 31.8 Å². The SMILES string of the molecule is CC(C)(C)OC(=O)N[C@@H](Cc1ccc(N)cc1)C(=O)OCC[Si](C)(C)C. The summed E-state index contributed by atoms with van der Waals surface area (Å²) in [4.78, 5) is 24.6. The number of ether oxygens (including phenoxy) is 2. The highest BCUT2D eigenvalue weighted by Crippen LogP contribution is 2.12. The molecule has 1 atom stereocenters. The summed E-state index contributed by atoms with van der Waals surface area (Å²) in [6, 6.07) is 7.24.